The summed E-state index contributed by atoms with van der Waals surface area (Å²) < 4.78 is 42.5. The van der Waals surface area contributed by atoms with Gasteiger partial charge in [0.1, 0.15) is 11.3 Å². The van der Waals surface area contributed by atoms with E-state index in [1.165, 1.54) is 33.8 Å². The van der Waals surface area contributed by atoms with Crippen molar-refractivity contribution in [2.75, 3.05) is 18.0 Å². The number of nitrogens with zero attached hydrogens (tertiary/aromatic N) is 3. The van der Waals surface area contributed by atoms with Gasteiger partial charge in [-0.1, -0.05) is 59.3 Å². The number of amides is 1. The van der Waals surface area contributed by atoms with Crippen molar-refractivity contribution in [2.24, 2.45) is 5.92 Å². The number of benzene rings is 3. The van der Waals surface area contributed by atoms with E-state index < -0.39 is 15.8 Å². The lowest BCUT2D eigenvalue weighted by Crippen LogP contribution is -2.44. The number of anilines is 1. The fraction of sp³-hybridized carbons (Fsp3) is 0.231. The van der Waals surface area contributed by atoms with E-state index in [0.717, 1.165) is 5.56 Å². The molecule has 0 unspecified atom stereocenters. The SMILES string of the molecule is O=C(C1CCN(S(=O)(=O)c2ccc(Cl)cc2)CC1)N(Cc1ccccc1)c1nc2c(F)cccc2s1. The molecule has 0 saturated carbocycles. The third-order valence-electron chi connectivity index (χ3n) is 6.29. The van der Waals surface area contributed by atoms with Crippen molar-refractivity contribution in [1.82, 2.24) is 9.29 Å². The molecule has 186 valence electrons. The number of rotatable bonds is 6. The number of sulfonamides is 1. The van der Waals surface area contributed by atoms with Gasteiger partial charge in [0.15, 0.2) is 5.13 Å². The average Bonchev–Trinajstić information content (AvgIpc) is 3.33. The van der Waals surface area contributed by atoms with Gasteiger partial charge in [0.05, 0.1) is 16.1 Å². The lowest BCUT2D eigenvalue weighted by atomic mass is 9.96. The second-order valence-electron chi connectivity index (χ2n) is 8.63. The number of hydrogen-bond acceptors (Lipinski definition) is 5. The highest BCUT2D eigenvalue weighted by Crippen LogP contribution is 2.34. The Hall–Kier alpha value is -2.85. The highest BCUT2D eigenvalue weighted by atomic mass is 35.5. The Labute approximate surface area is 218 Å². The van der Waals surface area contributed by atoms with Gasteiger partial charge in [-0.15, -0.1) is 0 Å². The molecule has 5 rings (SSSR count). The number of carbonyl (C=O) groups excluding carboxylic acids is 1. The minimum absolute atomic E-state index is 0.137. The van der Waals surface area contributed by atoms with Gasteiger partial charge in [-0.05, 0) is 54.8 Å². The predicted molar refractivity (Wildman–Crippen MR) is 140 cm³/mol. The largest absolute Gasteiger partial charge is 0.283 e. The standard InChI is InChI=1S/C26H23ClFN3O3S2/c27-20-9-11-21(12-10-20)36(33,34)30-15-13-19(14-16-30)25(32)31(17-18-5-2-1-3-6-18)26-29-24-22(28)7-4-8-23(24)35-26/h1-12,19H,13-17H2. The van der Waals surface area contributed by atoms with Crippen molar-refractivity contribution < 1.29 is 17.6 Å². The Kier molecular flexibility index (Phi) is 7.07. The van der Waals surface area contributed by atoms with Crippen LogP contribution in [0.4, 0.5) is 9.52 Å². The second kappa shape index (κ2) is 10.3. The van der Waals surface area contributed by atoms with E-state index in [1.807, 2.05) is 30.3 Å². The van der Waals surface area contributed by atoms with Crippen LogP contribution in [0.5, 0.6) is 0 Å². The summed E-state index contributed by atoms with van der Waals surface area (Å²) in [6.45, 7) is 0.758. The van der Waals surface area contributed by atoms with Crippen LogP contribution in [0.2, 0.25) is 5.02 Å². The van der Waals surface area contributed by atoms with Crippen molar-refractivity contribution in [3.8, 4) is 0 Å². The van der Waals surface area contributed by atoms with E-state index in [0.29, 0.717) is 34.2 Å². The van der Waals surface area contributed by atoms with E-state index in [2.05, 4.69) is 4.98 Å². The summed E-state index contributed by atoms with van der Waals surface area (Å²) in [6, 6.07) is 20.4. The third-order valence-corrected chi connectivity index (χ3v) is 9.50. The van der Waals surface area contributed by atoms with Crippen LogP contribution in [0.15, 0.2) is 77.7 Å². The molecule has 1 fully saturated rings. The summed E-state index contributed by atoms with van der Waals surface area (Å²) in [7, 11) is -3.67. The molecule has 2 heterocycles. The molecule has 1 aromatic heterocycles. The van der Waals surface area contributed by atoms with E-state index in [4.69, 9.17) is 11.6 Å². The van der Waals surface area contributed by atoms with Crippen molar-refractivity contribution in [3.05, 3.63) is 89.2 Å². The molecule has 1 saturated heterocycles. The molecule has 1 aliphatic rings. The molecule has 0 atom stereocenters. The Morgan fingerprint density at radius 3 is 2.39 bits per heavy atom. The zero-order valence-corrected chi connectivity index (χ0v) is 21.6. The third kappa shape index (κ3) is 5.01. The Bertz CT molecular complexity index is 1490. The molecule has 36 heavy (non-hydrogen) atoms. The van der Waals surface area contributed by atoms with E-state index in [-0.39, 0.29) is 35.3 Å². The summed E-state index contributed by atoms with van der Waals surface area (Å²) in [5.74, 6) is -0.938. The number of piperidine rings is 1. The van der Waals surface area contributed by atoms with Gasteiger partial charge in [0, 0.05) is 24.0 Å². The normalized spacial score (nSPS) is 15.3. The smallest absolute Gasteiger partial charge is 0.243 e. The highest BCUT2D eigenvalue weighted by Gasteiger charge is 2.35. The minimum Gasteiger partial charge on any atom is -0.283 e. The number of carbonyl (C=O) groups is 1. The molecule has 6 nitrogen and oxygen atoms in total. The number of hydrogen-bond donors (Lipinski definition) is 0. The first-order valence-corrected chi connectivity index (χ1v) is 14.1. The monoisotopic (exact) mass is 543 g/mol. The molecule has 10 heteroatoms. The van der Waals surface area contributed by atoms with Crippen molar-refractivity contribution in [3.63, 3.8) is 0 Å². The van der Waals surface area contributed by atoms with E-state index >= 15 is 0 Å². The maximum atomic E-state index is 14.3. The fourth-order valence-electron chi connectivity index (χ4n) is 4.34. The van der Waals surface area contributed by atoms with Crippen LogP contribution in [0.3, 0.4) is 0 Å². The topological polar surface area (TPSA) is 70.6 Å². The van der Waals surface area contributed by atoms with Gasteiger partial charge in [-0.2, -0.15) is 4.31 Å². The number of halogens is 2. The van der Waals surface area contributed by atoms with Crippen molar-refractivity contribution >= 4 is 54.2 Å². The van der Waals surface area contributed by atoms with Crippen LogP contribution in [0.1, 0.15) is 18.4 Å². The van der Waals surface area contributed by atoms with Gasteiger partial charge in [0.25, 0.3) is 0 Å². The van der Waals surface area contributed by atoms with Crippen LogP contribution >= 0.6 is 22.9 Å². The van der Waals surface area contributed by atoms with E-state index in [1.54, 1.807) is 29.2 Å². The maximum absolute atomic E-state index is 14.3. The Morgan fingerprint density at radius 1 is 1.03 bits per heavy atom. The summed E-state index contributed by atoms with van der Waals surface area (Å²) in [6.07, 6.45) is 0.770. The van der Waals surface area contributed by atoms with Crippen molar-refractivity contribution in [2.45, 2.75) is 24.3 Å². The number of fused-ring (bicyclic) bond motifs is 1. The molecular weight excluding hydrogens is 521 g/mol. The second-order valence-corrected chi connectivity index (χ2v) is 12.0. The lowest BCUT2D eigenvalue weighted by Gasteiger charge is -2.33. The molecule has 0 bridgehead atoms. The zero-order chi connectivity index (χ0) is 25.3. The van der Waals surface area contributed by atoms with Crippen LogP contribution in [-0.4, -0.2) is 36.7 Å². The minimum atomic E-state index is -3.67. The maximum Gasteiger partial charge on any atom is 0.243 e. The molecular formula is C26H23ClFN3O3S2. The molecule has 4 aromatic rings. The van der Waals surface area contributed by atoms with Gasteiger partial charge >= 0.3 is 0 Å². The molecule has 0 spiro atoms. The van der Waals surface area contributed by atoms with Crippen LogP contribution in [0, 0.1) is 11.7 Å². The number of para-hydroxylation sites is 1. The Balaban J connectivity index is 1.37. The molecule has 3 aromatic carbocycles. The summed E-state index contributed by atoms with van der Waals surface area (Å²) >= 11 is 7.17. The van der Waals surface area contributed by atoms with E-state index in [9.17, 15) is 17.6 Å². The molecule has 1 amide bonds. The quantitative estimate of drug-likeness (QED) is 0.312. The Morgan fingerprint density at radius 2 is 1.72 bits per heavy atom. The summed E-state index contributed by atoms with van der Waals surface area (Å²) in [5.41, 5.74) is 1.17. The zero-order valence-electron chi connectivity index (χ0n) is 19.2. The molecule has 0 aliphatic carbocycles. The predicted octanol–water partition coefficient (Wildman–Crippen LogP) is 5.72. The van der Waals surface area contributed by atoms with Gasteiger partial charge in [-0.3, -0.25) is 9.69 Å². The van der Waals surface area contributed by atoms with Gasteiger partial charge in [0.2, 0.25) is 15.9 Å². The highest BCUT2D eigenvalue weighted by molar-refractivity contribution is 7.89. The first kappa shape index (κ1) is 24.8. The van der Waals surface area contributed by atoms with Crippen LogP contribution < -0.4 is 4.90 Å². The average molecular weight is 544 g/mol. The molecule has 1 aliphatic heterocycles. The van der Waals surface area contributed by atoms with Crippen molar-refractivity contribution in [1.29, 1.82) is 0 Å². The number of thiazole rings is 1. The summed E-state index contributed by atoms with van der Waals surface area (Å²) in [5, 5.41) is 0.895. The van der Waals surface area contributed by atoms with Gasteiger partial charge in [-0.25, -0.2) is 17.8 Å². The van der Waals surface area contributed by atoms with Gasteiger partial charge < -0.3 is 0 Å². The number of aromatic nitrogens is 1. The molecule has 0 radical (unpaired) electrons. The van der Waals surface area contributed by atoms with Crippen LogP contribution in [0.25, 0.3) is 10.2 Å². The first-order valence-electron chi connectivity index (χ1n) is 11.5. The first-order chi connectivity index (χ1) is 17.3. The fourth-order valence-corrected chi connectivity index (χ4v) is 6.92. The van der Waals surface area contributed by atoms with Crippen LogP contribution in [-0.2, 0) is 21.4 Å². The molecule has 0 N–H and O–H groups in total. The summed E-state index contributed by atoms with van der Waals surface area (Å²) in [4.78, 5) is 20.0. The lowest BCUT2D eigenvalue weighted by molar-refractivity contribution is -0.123.